The maximum Gasteiger partial charge on any atom is 0.260 e. The molecule has 6 heteroatoms. The van der Waals surface area contributed by atoms with Gasteiger partial charge >= 0.3 is 0 Å². The number of hydrogen-bond donors (Lipinski definition) is 0. The third kappa shape index (κ3) is 3.89. The highest BCUT2D eigenvalue weighted by molar-refractivity contribution is 9.10. The molecule has 0 saturated heterocycles. The van der Waals surface area contributed by atoms with E-state index in [0.29, 0.717) is 15.9 Å². The lowest BCUT2D eigenvalue weighted by atomic mass is 10.1. The molecule has 0 N–H and O–H groups in total. The molecule has 0 atom stereocenters. The minimum absolute atomic E-state index is 0.0251. The summed E-state index contributed by atoms with van der Waals surface area (Å²) in [5, 5.41) is 0.265. The Labute approximate surface area is 158 Å². The second-order valence-electron chi connectivity index (χ2n) is 5.26. The second-order valence-corrected chi connectivity index (χ2v) is 6.52. The van der Waals surface area contributed by atoms with Gasteiger partial charge in [-0.15, -0.1) is 0 Å². The van der Waals surface area contributed by atoms with Gasteiger partial charge in [0.15, 0.2) is 0 Å². The van der Waals surface area contributed by atoms with Crippen LogP contribution in [0.15, 0.2) is 71.3 Å². The largest absolute Gasteiger partial charge is 0.288 e. The quantitative estimate of drug-likeness (QED) is 0.561. The minimum atomic E-state index is -0.464. The number of pyridine rings is 1. The fourth-order valence-electron chi connectivity index (χ4n) is 2.39. The molecule has 0 unspecified atom stereocenters. The van der Waals surface area contributed by atoms with Crippen LogP contribution >= 0.6 is 27.5 Å². The van der Waals surface area contributed by atoms with Crippen molar-refractivity contribution in [3.63, 3.8) is 0 Å². The molecule has 126 valence electrons. The first-order valence-corrected chi connectivity index (χ1v) is 8.65. The van der Waals surface area contributed by atoms with Gasteiger partial charge in [-0.25, -0.2) is 9.37 Å². The van der Waals surface area contributed by atoms with E-state index in [-0.39, 0.29) is 23.0 Å². The molecule has 25 heavy (non-hydrogen) atoms. The number of amides is 1. The zero-order valence-corrected chi connectivity index (χ0v) is 15.3. The van der Waals surface area contributed by atoms with Crippen molar-refractivity contribution < 1.29 is 9.18 Å². The third-order valence-corrected chi connectivity index (χ3v) is 4.70. The Morgan fingerprint density at radius 2 is 1.84 bits per heavy atom. The van der Waals surface area contributed by atoms with E-state index in [9.17, 15) is 9.18 Å². The highest BCUT2D eigenvalue weighted by Gasteiger charge is 2.23. The summed E-state index contributed by atoms with van der Waals surface area (Å²) in [5.41, 5.74) is 0.704. The van der Waals surface area contributed by atoms with Gasteiger partial charge in [-0.3, -0.25) is 9.69 Å². The van der Waals surface area contributed by atoms with Crippen LogP contribution in [0.1, 0.15) is 15.9 Å². The molecule has 0 radical (unpaired) electrons. The highest BCUT2D eigenvalue weighted by Crippen LogP contribution is 2.26. The number of rotatable bonds is 4. The Kier molecular flexibility index (Phi) is 5.46. The number of aromatic nitrogens is 1. The Morgan fingerprint density at radius 3 is 2.52 bits per heavy atom. The molecule has 0 saturated carbocycles. The zero-order chi connectivity index (χ0) is 17.8. The fourth-order valence-corrected chi connectivity index (χ4v) is 3.07. The normalized spacial score (nSPS) is 10.5. The van der Waals surface area contributed by atoms with Crippen LogP contribution < -0.4 is 4.90 Å². The topological polar surface area (TPSA) is 33.2 Å². The lowest BCUT2D eigenvalue weighted by Gasteiger charge is -2.23. The standard InChI is InChI=1S/C19H13BrClFN2O/c20-15-7-2-1-6-13(15)19(25)24(18-10-3-4-11-23-18)12-14-16(21)8-5-9-17(14)22/h1-11H,12H2. The van der Waals surface area contributed by atoms with E-state index in [1.165, 1.54) is 17.0 Å². The average molecular weight is 420 g/mol. The summed E-state index contributed by atoms with van der Waals surface area (Å²) in [5.74, 6) is -0.346. The number of carbonyl (C=O) groups is 1. The van der Waals surface area contributed by atoms with Crippen LogP contribution in [0, 0.1) is 5.82 Å². The Bertz CT molecular complexity index is 885. The zero-order valence-electron chi connectivity index (χ0n) is 13.0. The van der Waals surface area contributed by atoms with Gasteiger partial charge in [-0.2, -0.15) is 0 Å². The van der Waals surface area contributed by atoms with Crippen molar-refractivity contribution >= 4 is 39.3 Å². The van der Waals surface area contributed by atoms with Crippen LogP contribution in [0.5, 0.6) is 0 Å². The first-order valence-electron chi connectivity index (χ1n) is 7.48. The van der Waals surface area contributed by atoms with Gasteiger partial charge in [-0.1, -0.05) is 35.9 Å². The Morgan fingerprint density at radius 1 is 1.08 bits per heavy atom. The molecule has 0 aliphatic carbocycles. The van der Waals surface area contributed by atoms with E-state index in [2.05, 4.69) is 20.9 Å². The van der Waals surface area contributed by atoms with Gasteiger partial charge in [0, 0.05) is 21.3 Å². The molecule has 0 fully saturated rings. The first-order chi connectivity index (χ1) is 12.1. The van der Waals surface area contributed by atoms with Crippen LogP contribution in [0.25, 0.3) is 0 Å². The van der Waals surface area contributed by atoms with Crippen molar-refractivity contribution in [2.24, 2.45) is 0 Å². The number of carbonyl (C=O) groups excluding carboxylic acids is 1. The predicted molar refractivity (Wildman–Crippen MR) is 100 cm³/mol. The molecular weight excluding hydrogens is 407 g/mol. The summed E-state index contributed by atoms with van der Waals surface area (Å²) in [4.78, 5) is 18.7. The molecule has 3 rings (SSSR count). The van der Waals surface area contributed by atoms with Gasteiger partial charge in [0.1, 0.15) is 11.6 Å². The molecule has 0 bridgehead atoms. The average Bonchev–Trinajstić information content (AvgIpc) is 2.62. The molecule has 3 nitrogen and oxygen atoms in total. The maximum atomic E-state index is 14.2. The molecule has 3 aromatic rings. The Hall–Kier alpha value is -2.24. The summed E-state index contributed by atoms with van der Waals surface area (Å²) in [6.45, 7) is -0.0251. The van der Waals surface area contributed by atoms with Crippen molar-refractivity contribution in [2.45, 2.75) is 6.54 Å². The van der Waals surface area contributed by atoms with Crippen molar-refractivity contribution in [3.05, 3.63) is 93.3 Å². The molecule has 1 heterocycles. The van der Waals surface area contributed by atoms with E-state index >= 15 is 0 Å². The van der Waals surface area contributed by atoms with Crippen LogP contribution in [0.2, 0.25) is 5.02 Å². The van der Waals surface area contributed by atoms with Crippen LogP contribution in [0.4, 0.5) is 10.2 Å². The number of benzene rings is 2. The van der Waals surface area contributed by atoms with Crippen molar-refractivity contribution in [1.29, 1.82) is 0 Å². The number of hydrogen-bond acceptors (Lipinski definition) is 2. The second kappa shape index (κ2) is 7.76. The SMILES string of the molecule is O=C(c1ccccc1Br)N(Cc1c(F)cccc1Cl)c1ccccn1. The smallest absolute Gasteiger partial charge is 0.260 e. The number of halogens is 3. The van der Waals surface area contributed by atoms with Gasteiger partial charge in [0.05, 0.1) is 12.1 Å². The van der Waals surface area contributed by atoms with Gasteiger partial charge in [-0.05, 0) is 52.3 Å². The van der Waals surface area contributed by atoms with Crippen molar-refractivity contribution in [3.8, 4) is 0 Å². The summed E-state index contributed by atoms with van der Waals surface area (Å²) in [6.07, 6.45) is 1.58. The molecule has 0 aliphatic heterocycles. The maximum absolute atomic E-state index is 14.2. The number of anilines is 1. The van der Waals surface area contributed by atoms with Crippen LogP contribution in [-0.2, 0) is 6.54 Å². The predicted octanol–water partition coefficient (Wildman–Crippen LogP) is 5.48. The van der Waals surface area contributed by atoms with Gasteiger partial charge in [0.25, 0.3) is 5.91 Å². The summed E-state index contributed by atoms with van der Waals surface area (Å²) >= 11 is 9.52. The minimum Gasteiger partial charge on any atom is -0.288 e. The lowest BCUT2D eigenvalue weighted by Crippen LogP contribution is -2.32. The van der Waals surface area contributed by atoms with E-state index < -0.39 is 5.82 Å². The van der Waals surface area contributed by atoms with E-state index in [0.717, 1.165) is 0 Å². The molecule has 1 aromatic heterocycles. The van der Waals surface area contributed by atoms with E-state index in [1.807, 2.05) is 6.07 Å². The monoisotopic (exact) mass is 418 g/mol. The van der Waals surface area contributed by atoms with Gasteiger partial charge < -0.3 is 0 Å². The molecule has 1 amide bonds. The number of nitrogens with zero attached hydrogens (tertiary/aromatic N) is 2. The lowest BCUT2D eigenvalue weighted by molar-refractivity contribution is 0.0983. The first kappa shape index (κ1) is 17.6. The molecular formula is C19H13BrClFN2O. The van der Waals surface area contributed by atoms with E-state index in [1.54, 1.807) is 48.7 Å². The Balaban J connectivity index is 2.05. The molecule has 0 aliphatic rings. The fraction of sp³-hybridized carbons (Fsp3) is 0.0526. The molecule has 2 aromatic carbocycles. The highest BCUT2D eigenvalue weighted by atomic mass is 79.9. The summed E-state index contributed by atoms with van der Waals surface area (Å²) in [7, 11) is 0. The summed E-state index contributed by atoms with van der Waals surface area (Å²) in [6, 6.07) is 16.7. The van der Waals surface area contributed by atoms with Crippen LogP contribution in [-0.4, -0.2) is 10.9 Å². The van der Waals surface area contributed by atoms with Crippen molar-refractivity contribution in [2.75, 3.05) is 4.90 Å². The van der Waals surface area contributed by atoms with Crippen LogP contribution in [0.3, 0.4) is 0 Å². The van der Waals surface area contributed by atoms with E-state index in [4.69, 9.17) is 11.6 Å². The van der Waals surface area contributed by atoms with Crippen molar-refractivity contribution in [1.82, 2.24) is 4.98 Å². The van der Waals surface area contributed by atoms with Gasteiger partial charge in [0.2, 0.25) is 0 Å². The summed E-state index contributed by atoms with van der Waals surface area (Å²) < 4.78 is 14.9. The molecule has 0 spiro atoms. The third-order valence-electron chi connectivity index (χ3n) is 3.65.